The van der Waals surface area contributed by atoms with Gasteiger partial charge in [-0.1, -0.05) is 116 Å². The molecule has 0 atom stereocenters. The molecule has 0 saturated heterocycles. The zero-order valence-corrected chi connectivity index (χ0v) is 33.4. The van der Waals surface area contributed by atoms with Gasteiger partial charge in [-0.25, -0.2) is 0 Å². The molecule has 9 rings (SSSR count). The molecule has 0 N–H and O–H groups in total. The summed E-state index contributed by atoms with van der Waals surface area (Å²) in [6.45, 7) is 6.98. The first-order chi connectivity index (χ1) is 25.4. The first kappa shape index (κ1) is 35.9. The average molecular weight is 875 g/mol. The van der Waals surface area contributed by atoms with Crippen LogP contribution in [0.2, 0.25) is 13.1 Å². The standard InChI is InChI=1S/C38H30NSi.C11H8N.Ir/c1-26-10-6-18-36(39-26)33-16-9-15-31(24-33)29-13-7-11-27(22-29)28-12-8-14-30(23-28)32-20-21-35-34-17-4-5-19-37(34)40(2,3)38(35)25-32;1-2-6-10(7-3-1)11-8-4-5-9-12-11;/h4-15,17-25H,1-3H3;1-6,8-9H;/q2*-1;. The van der Waals surface area contributed by atoms with E-state index in [2.05, 4.69) is 139 Å². The van der Waals surface area contributed by atoms with Crippen LogP contribution in [0.3, 0.4) is 0 Å². The van der Waals surface area contributed by atoms with Gasteiger partial charge in [0.15, 0.2) is 0 Å². The maximum Gasteiger partial charge on any atom is 0.113 e. The molecular formula is C49H38IrN2Si-2. The van der Waals surface area contributed by atoms with E-state index in [1.165, 1.54) is 44.5 Å². The summed E-state index contributed by atoms with van der Waals surface area (Å²) < 4.78 is 0. The minimum Gasteiger partial charge on any atom is -0.305 e. The van der Waals surface area contributed by atoms with E-state index in [-0.39, 0.29) is 20.1 Å². The predicted molar refractivity (Wildman–Crippen MR) is 220 cm³/mol. The third kappa shape index (κ3) is 7.54. The van der Waals surface area contributed by atoms with Gasteiger partial charge in [0.2, 0.25) is 0 Å². The Morgan fingerprint density at radius 3 is 1.74 bits per heavy atom. The van der Waals surface area contributed by atoms with Crippen LogP contribution in [0.4, 0.5) is 0 Å². The Kier molecular flexibility index (Phi) is 10.6. The van der Waals surface area contributed by atoms with Crippen LogP contribution in [0.15, 0.2) is 176 Å². The van der Waals surface area contributed by atoms with Gasteiger partial charge < -0.3 is 9.97 Å². The van der Waals surface area contributed by atoms with Crippen molar-refractivity contribution in [2.75, 3.05) is 0 Å². The minimum absolute atomic E-state index is 0. The molecule has 0 bridgehead atoms. The molecule has 0 unspecified atom stereocenters. The van der Waals surface area contributed by atoms with E-state index in [1.807, 2.05) is 67.6 Å². The van der Waals surface area contributed by atoms with Gasteiger partial charge in [0.05, 0.1) is 0 Å². The SMILES string of the molecule is Cc1cccc(-c2[c-]ccc(-c3cccc(-c4cccc(-c5ccc6c(c5)[Si](C)(C)c5ccccc5-6)c4)c3)c2)n1.[Ir].[c-]1ccccc1-c1ccccn1. The fourth-order valence-electron chi connectivity index (χ4n) is 7.20. The van der Waals surface area contributed by atoms with Crippen molar-refractivity contribution in [2.24, 2.45) is 0 Å². The van der Waals surface area contributed by atoms with E-state index in [0.717, 1.165) is 28.2 Å². The van der Waals surface area contributed by atoms with E-state index in [9.17, 15) is 0 Å². The van der Waals surface area contributed by atoms with Crippen LogP contribution in [0.25, 0.3) is 67.0 Å². The van der Waals surface area contributed by atoms with Gasteiger partial charge in [0.1, 0.15) is 8.07 Å². The molecule has 8 aromatic rings. The largest absolute Gasteiger partial charge is 0.305 e. The van der Waals surface area contributed by atoms with E-state index < -0.39 is 8.07 Å². The van der Waals surface area contributed by atoms with E-state index >= 15 is 0 Å². The molecule has 0 amide bonds. The smallest absolute Gasteiger partial charge is 0.113 e. The fraction of sp³-hybridized carbons (Fsp3) is 0.0612. The molecule has 4 heteroatoms. The fourth-order valence-corrected chi connectivity index (χ4v) is 10.3. The molecule has 0 saturated carbocycles. The number of aromatic nitrogens is 2. The molecule has 0 spiro atoms. The maximum atomic E-state index is 4.70. The van der Waals surface area contributed by atoms with Gasteiger partial charge in [-0.2, -0.15) is 0 Å². The van der Waals surface area contributed by atoms with Crippen LogP contribution in [-0.2, 0) is 20.1 Å². The van der Waals surface area contributed by atoms with Crippen molar-refractivity contribution in [3.63, 3.8) is 0 Å². The zero-order chi connectivity index (χ0) is 35.5. The molecule has 259 valence electrons. The molecule has 1 aliphatic rings. The number of fused-ring (bicyclic) bond motifs is 3. The van der Waals surface area contributed by atoms with Crippen molar-refractivity contribution in [1.82, 2.24) is 9.97 Å². The van der Waals surface area contributed by atoms with Crippen LogP contribution in [-0.4, -0.2) is 18.0 Å². The van der Waals surface area contributed by atoms with Gasteiger partial charge in [0.25, 0.3) is 0 Å². The molecule has 0 fully saturated rings. The summed E-state index contributed by atoms with van der Waals surface area (Å²) in [6.07, 6.45) is 1.79. The van der Waals surface area contributed by atoms with Crippen LogP contribution >= 0.6 is 0 Å². The molecule has 3 heterocycles. The molecule has 53 heavy (non-hydrogen) atoms. The van der Waals surface area contributed by atoms with Gasteiger partial charge in [-0.15, -0.1) is 71.3 Å². The summed E-state index contributed by atoms with van der Waals surface area (Å²) in [7, 11) is -1.71. The number of benzene rings is 6. The Morgan fingerprint density at radius 1 is 0.453 bits per heavy atom. The molecule has 6 aromatic carbocycles. The molecule has 1 radical (unpaired) electrons. The third-order valence-electron chi connectivity index (χ3n) is 9.92. The Hall–Kier alpha value is -5.51. The Bertz CT molecular complexity index is 2470. The average Bonchev–Trinajstić information content (AvgIpc) is 3.44. The first-order valence-electron chi connectivity index (χ1n) is 17.7. The minimum atomic E-state index is -1.71. The normalized spacial score (nSPS) is 12.1. The van der Waals surface area contributed by atoms with Gasteiger partial charge in [0, 0.05) is 32.0 Å². The number of rotatable bonds is 5. The summed E-state index contributed by atoms with van der Waals surface area (Å²) in [5.41, 5.74) is 15.2. The number of aryl methyl sites for hydroxylation is 1. The third-order valence-corrected chi connectivity index (χ3v) is 13.5. The van der Waals surface area contributed by atoms with Gasteiger partial charge >= 0.3 is 0 Å². The van der Waals surface area contributed by atoms with Crippen molar-refractivity contribution in [3.05, 3.63) is 194 Å². The predicted octanol–water partition coefficient (Wildman–Crippen LogP) is 11.2. The number of hydrogen-bond acceptors (Lipinski definition) is 2. The Labute approximate surface area is 327 Å². The Morgan fingerprint density at radius 2 is 1.06 bits per heavy atom. The number of pyridine rings is 2. The van der Waals surface area contributed by atoms with Crippen LogP contribution in [0, 0.1) is 19.1 Å². The van der Waals surface area contributed by atoms with Crippen molar-refractivity contribution in [2.45, 2.75) is 20.0 Å². The molecule has 2 nitrogen and oxygen atoms in total. The number of hydrogen-bond donors (Lipinski definition) is 0. The van der Waals surface area contributed by atoms with Gasteiger partial charge in [-0.3, -0.25) is 0 Å². The van der Waals surface area contributed by atoms with E-state index in [4.69, 9.17) is 4.98 Å². The second-order valence-electron chi connectivity index (χ2n) is 13.7. The second-order valence-corrected chi connectivity index (χ2v) is 18.1. The maximum absolute atomic E-state index is 4.70. The quantitative estimate of drug-likeness (QED) is 0.127. The first-order valence-corrected chi connectivity index (χ1v) is 20.7. The summed E-state index contributed by atoms with van der Waals surface area (Å²) in [5.74, 6) is 0. The van der Waals surface area contributed by atoms with Gasteiger partial charge in [-0.05, 0) is 91.9 Å². The second kappa shape index (κ2) is 15.6. The van der Waals surface area contributed by atoms with Crippen LogP contribution < -0.4 is 10.4 Å². The monoisotopic (exact) mass is 875 g/mol. The number of nitrogens with zero attached hydrogens (tertiary/aromatic N) is 2. The topological polar surface area (TPSA) is 25.8 Å². The van der Waals surface area contributed by atoms with E-state index in [1.54, 1.807) is 16.6 Å². The summed E-state index contributed by atoms with van der Waals surface area (Å²) >= 11 is 0. The van der Waals surface area contributed by atoms with Crippen molar-refractivity contribution >= 4 is 18.4 Å². The molecular weight excluding hydrogens is 837 g/mol. The summed E-state index contributed by atoms with van der Waals surface area (Å²) in [5, 5.41) is 3.09. The molecule has 2 aromatic heterocycles. The zero-order valence-electron chi connectivity index (χ0n) is 30.0. The molecule has 0 aliphatic carbocycles. The van der Waals surface area contributed by atoms with Crippen molar-refractivity contribution in [1.29, 1.82) is 0 Å². The Balaban J connectivity index is 0.000000284. The van der Waals surface area contributed by atoms with Crippen molar-refractivity contribution < 1.29 is 20.1 Å². The summed E-state index contributed by atoms with van der Waals surface area (Å²) in [4.78, 5) is 8.91. The molecule has 1 aliphatic heterocycles. The van der Waals surface area contributed by atoms with Crippen molar-refractivity contribution in [3.8, 4) is 67.0 Å². The summed E-state index contributed by atoms with van der Waals surface area (Å²) in [6, 6.07) is 66.5. The van der Waals surface area contributed by atoms with E-state index in [0.29, 0.717) is 0 Å². The van der Waals surface area contributed by atoms with Crippen LogP contribution in [0.1, 0.15) is 5.69 Å². The van der Waals surface area contributed by atoms with Crippen LogP contribution in [0.5, 0.6) is 0 Å².